The van der Waals surface area contributed by atoms with E-state index in [1.165, 1.54) is 38.5 Å². The molecule has 0 fully saturated rings. The number of alkyl halides is 1. The fourth-order valence-electron chi connectivity index (χ4n) is 1.18. The van der Waals surface area contributed by atoms with Crippen molar-refractivity contribution in [2.24, 2.45) is 0 Å². The Bertz CT molecular complexity index is 337. The second-order valence-corrected chi connectivity index (χ2v) is 19.2. The lowest BCUT2D eigenvalue weighted by molar-refractivity contribution is 0.375. The van der Waals surface area contributed by atoms with Crippen LogP contribution in [0.25, 0.3) is 0 Å². The van der Waals surface area contributed by atoms with Crippen LogP contribution in [0.3, 0.4) is 0 Å². The Hall–Kier alpha value is 1.72. The maximum absolute atomic E-state index is 12.7. The number of hydrogen-bond acceptors (Lipinski definition) is 5. The molecular weight excluding hydrogens is 426 g/mol. The zero-order valence-electron chi connectivity index (χ0n) is 15.0. The first kappa shape index (κ1) is 27.9. The molecule has 0 aromatic rings. The van der Waals surface area contributed by atoms with Crippen LogP contribution in [0.4, 0.5) is 0 Å². The van der Waals surface area contributed by atoms with Gasteiger partial charge >= 0.3 is 7.60 Å². The van der Waals surface area contributed by atoms with Gasteiger partial charge in [-0.1, -0.05) is 74.2 Å². The third-order valence-corrected chi connectivity index (χ3v) is 16.4. The van der Waals surface area contributed by atoms with Crippen LogP contribution in [-0.4, -0.2) is 39.1 Å². The van der Waals surface area contributed by atoms with Gasteiger partial charge in [0.15, 0.2) is 0 Å². The van der Waals surface area contributed by atoms with Crippen LogP contribution in [-0.2, 0) is 9.13 Å². The van der Waals surface area contributed by atoms with Gasteiger partial charge in [-0.3, -0.25) is 9.13 Å². The molecule has 0 bridgehead atoms. The quantitative estimate of drug-likeness (QED) is 0.163. The van der Waals surface area contributed by atoms with E-state index in [2.05, 4.69) is 20.8 Å². The van der Waals surface area contributed by atoms with E-state index in [0.717, 1.165) is 17.3 Å². The summed E-state index contributed by atoms with van der Waals surface area (Å²) in [6, 6.07) is 0. The average Bonchev–Trinajstić information content (AvgIpc) is 2.48. The standard InChI is InChI=1S/C12H27OPS3.C2H6ClO3P/c1-4-7-10-15-14(13,16-11-8-5-2)17-12-9-6-3;3-1-2-7(4,5)6/h4-12H2,1-3H3;1-2H2,(H2,4,5,6). The van der Waals surface area contributed by atoms with Gasteiger partial charge in [0.25, 0.3) is 0 Å². The molecule has 24 heavy (non-hydrogen) atoms. The lowest BCUT2D eigenvalue weighted by Crippen LogP contribution is -1.86. The molecule has 0 heterocycles. The SMILES string of the molecule is CCCCSP(=O)(SCCCC)SCCCC.O=P(O)(O)CCCl. The molecule has 0 saturated heterocycles. The predicted octanol–water partition coefficient (Wildman–Crippen LogP) is 7.10. The number of rotatable bonds is 14. The zero-order valence-corrected chi connectivity index (χ0v) is 20.0. The fourth-order valence-corrected chi connectivity index (χ4v) is 14.1. The summed E-state index contributed by atoms with van der Waals surface area (Å²) in [7, 11) is -3.80. The molecule has 4 nitrogen and oxygen atoms in total. The molecule has 148 valence electrons. The highest BCUT2D eigenvalue weighted by Gasteiger charge is 2.23. The summed E-state index contributed by atoms with van der Waals surface area (Å²) in [6.45, 7) is 6.58. The molecule has 0 radical (unpaired) electrons. The van der Waals surface area contributed by atoms with Crippen molar-refractivity contribution in [3.8, 4) is 0 Å². The van der Waals surface area contributed by atoms with Gasteiger partial charge in [-0.2, -0.15) is 0 Å². The predicted molar refractivity (Wildman–Crippen MR) is 117 cm³/mol. The minimum Gasteiger partial charge on any atom is -0.324 e. The maximum Gasteiger partial charge on any atom is 0.326 e. The van der Waals surface area contributed by atoms with E-state index in [-0.39, 0.29) is 12.0 Å². The van der Waals surface area contributed by atoms with Crippen LogP contribution in [0.1, 0.15) is 59.3 Å². The third kappa shape index (κ3) is 21.8. The second-order valence-electron chi connectivity index (χ2n) is 5.08. The Morgan fingerprint density at radius 1 is 0.792 bits per heavy atom. The molecule has 10 heteroatoms. The highest BCUT2D eigenvalue weighted by Crippen LogP contribution is 2.78. The molecule has 0 aromatic carbocycles. The van der Waals surface area contributed by atoms with Crippen molar-refractivity contribution in [2.75, 3.05) is 29.3 Å². The van der Waals surface area contributed by atoms with Crippen molar-refractivity contribution in [3.63, 3.8) is 0 Å². The summed E-state index contributed by atoms with van der Waals surface area (Å²) >= 11 is 10.2. The van der Waals surface area contributed by atoms with Crippen molar-refractivity contribution in [3.05, 3.63) is 0 Å². The normalized spacial score (nSPS) is 11.9. The molecule has 0 atom stereocenters. The monoisotopic (exact) mass is 458 g/mol. The van der Waals surface area contributed by atoms with E-state index in [1.807, 2.05) is 0 Å². The van der Waals surface area contributed by atoms with Crippen molar-refractivity contribution in [1.82, 2.24) is 0 Å². The van der Waals surface area contributed by atoms with E-state index < -0.39 is 12.3 Å². The van der Waals surface area contributed by atoms with E-state index in [4.69, 9.17) is 21.4 Å². The molecule has 0 saturated carbocycles. The van der Waals surface area contributed by atoms with Gasteiger partial charge < -0.3 is 9.79 Å². The highest BCUT2D eigenvalue weighted by atomic mass is 35.5. The summed E-state index contributed by atoms with van der Waals surface area (Å²) in [5.41, 5.74) is 0. The van der Waals surface area contributed by atoms with Gasteiger partial charge in [0, 0.05) is 23.1 Å². The molecule has 0 amide bonds. The summed E-state index contributed by atoms with van der Waals surface area (Å²) in [6.07, 6.45) is 6.95. The van der Waals surface area contributed by atoms with E-state index in [1.54, 1.807) is 34.1 Å². The first-order valence-corrected chi connectivity index (χ1v) is 17.2. The van der Waals surface area contributed by atoms with Crippen molar-refractivity contribution < 1.29 is 18.9 Å². The van der Waals surface area contributed by atoms with Crippen LogP contribution in [0.5, 0.6) is 0 Å². The molecular formula is C14H33ClO4P2S3. The summed E-state index contributed by atoms with van der Waals surface area (Å²) in [5, 5.41) is 0. The van der Waals surface area contributed by atoms with Crippen LogP contribution in [0.15, 0.2) is 0 Å². The van der Waals surface area contributed by atoms with Crippen molar-refractivity contribution in [1.29, 1.82) is 0 Å². The Labute approximate surface area is 165 Å². The highest BCUT2D eigenvalue weighted by molar-refractivity contribution is 9.14. The number of unbranched alkanes of at least 4 members (excludes halogenated alkanes) is 3. The van der Waals surface area contributed by atoms with E-state index in [0.29, 0.717) is 0 Å². The van der Waals surface area contributed by atoms with Crippen LogP contribution >= 0.6 is 58.1 Å². The molecule has 0 rings (SSSR count). The third-order valence-electron chi connectivity index (χ3n) is 2.62. The van der Waals surface area contributed by atoms with E-state index >= 15 is 0 Å². The van der Waals surface area contributed by atoms with Crippen LogP contribution in [0.2, 0.25) is 0 Å². The fraction of sp³-hybridized carbons (Fsp3) is 1.00. The summed E-state index contributed by atoms with van der Waals surface area (Å²) in [4.78, 5) is 16.1. The van der Waals surface area contributed by atoms with Gasteiger partial charge in [-0.05, 0) is 19.3 Å². The summed E-state index contributed by atoms with van der Waals surface area (Å²) < 4.78 is 20.5. The molecule has 0 aliphatic carbocycles. The molecule has 0 aliphatic heterocycles. The molecule has 0 spiro atoms. The van der Waals surface area contributed by atoms with Gasteiger partial charge in [0.1, 0.15) is 0 Å². The number of halogens is 1. The Morgan fingerprint density at radius 3 is 1.29 bits per heavy atom. The van der Waals surface area contributed by atoms with Crippen LogP contribution in [0, 0.1) is 0 Å². The van der Waals surface area contributed by atoms with Crippen molar-refractivity contribution >= 4 is 58.1 Å². The molecule has 0 aliphatic rings. The Morgan fingerprint density at radius 2 is 1.12 bits per heavy atom. The zero-order chi connectivity index (χ0) is 18.9. The molecule has 2 N–H and O–H groups in total. The molecule has 0 aromatic heterocycles. The second kappa shape index (κ2) is 18.1. The van der Waals surface area contributed by atoms with Gasteiger partial charge in [0.2, 0.25) is 4.75 Å². The average molecular weight is 459 g/mol. The minimum absolute atomic E-state index is 0.0181. The minimum atomic E-state index is -3.80. The first-order chi connectivity index (χ1) is 11.2. The van der Waals surface area contributed by atoms with Gasteiger partial charge in [0.05, 0.1) is 6.16 Å². The maximum atomic E-state index is 12.7. The van der Waals surface area contributed by atoms with Gasteiger partial charge in [-0.15, -0.1) is 11.6 Å². The molecule has 0 unspecified atom stereocenters. The Balaban J connectivity index is 0. The van der Waals surface area contributed by atoms with E-state index in [9.17, 15) is 9.13 Å². The summed E-state index contributed by atoms with van der Waals surface area (Å²) in [5.74, 6) is 3.20. The lowest BCUT2D eigenvalue weighted by atomic mass is 10.4. The van der Waals surface area contributed by atoms with Crippen LogP contribution < -0.4 is 0 Å². The topological polar surface area (TPSA) is 74.6 Å². The largest absolute Gasteiger partial charge is 0.326 e. The number of hydrogen-bond donors (Lipinski definition) is 2. The lowest BCUT2D eigenvalue weighted by Gasteiger charge is -2.15. The smallest absolute Gasteiger partial charge is 0.324 e. The van der Waals surface area contributed by atoms with Gasteiger partial charge in [-0.25, -0.2) is 0 Å². The first-order valence-electron chi connectivity index (χ1n) is 8.38. The Kier molecular flexibility index (Phi) is 21.1. The van der Waals surface area contributed by atoms with Crippen molar-refractivity contribution in [2.45, 2.75) is 59.3 Å².